The largest absolute Gasteiger partial charge is 0.493 e. The van der Waals surface area contributed by atoms with Crippen molar-refractivity contribution in [2.24, 2.45) is 0 Å². The third-order valence-electron chi connectivity index (χ3n) is 5.10. The van der Waals surface area contributed by atoms with Crippen LogP contribution in [0.15, 0.2) is 48.5 Å². The number of aliphatic hydroxyl groups is 1. The average Bonchev–Trinajstić information content (AvgIpc) is 2.80. The lowest BCUT2D eigenvalue weighted by Gasteiger charge is -2.28. The summed E-state index contributed by atoms with van der Waals surface area (Å²) >= 11 is 0. The number of amides is 1. The summed E-state index contributed by atoms with van der Waals surface area (Å²) in [6.07, 6.45) is -3.18. The van der Waals surface area contributed by atoms with E-state index in [4.69, 9.17) is 18.9 Å². The van der Waals surface area contributed by atoms with Crippen LogP contribution in [0.1, 0.15) is 38.3 Å². The van der Waals surface area contributed by atoms with Crippen LogP contribution in [0.25, 0.3) is 0 Å². The number of ether oxygens (including phenoxy) is 4. The van der Waals surface area contributed by atoms with Gasteiger partial charge in [-0.1, -0.05) is 36.4 Å². The van der Waals surface area contributed by atoms with Crippen molar-refractivity contribution in [3.05, 3.63) is 59.7 Å². The second-order valence-electron chi connectivity index (χ2n) is 9.07. The van der Waals surface area contributed by atoms with Crippen molar-refractivity contribution in [2.45, 2.75) is 64.1 Å². The fraction of sp³-hybridized carbons (Fsp3) is 0.462. The summed E-state index contributed by atoms with van der Waals surface area (Å²) in [6, 6.07) is 13.6. The van der Waals surface area contributed by atoms with E-state index in [9.17, 15) is 19.8 Å². The molecule has 0 fully saturated rings. The maximum atomic E-state index is 12.4. The molecule has 3 unspecified atom stereocenters. The molecule has 3 atom stereocenters. The van der Waals surface area contributed by atoms with Gasteiger partial charge in [0, 0.05) is 6.42 Å². The second-order valence-corrected chi connectivity index (χ2v) is 9.07. The molecule has 2 aromatic rings. The van der Waals surface area contributed by atoms with Gasteiger partial charge < -0.3 is 34.5 Å². The first-order valence-corrected chi connectivity index (χ1v) is 11.3. The van der Waals surface area contributed by atoms with Gasteiger partial charge in [0.1, 0.15) is 5.60 Å². The Morgan fingerprint density at radius 1 is 0.971 bits per heavy atom. The minimum Gasteiger partial charge on any atom is -0.493 e. The quantitative estimate of drug-likeness (QED) is 0.414. The molecule has 2 rings (SSSR count). The molecule has 3 N–H and O–H groups in total. The minimum absolute atomic E-state index is 0.0209. The number of benzene rings is 2. The van der Waals surface area contributed by atoms with Gasteiger partial charge in [0.25, 0.3) is 0 Å². The number of carbonyl (C=O) groups excluding carboxylic acids is 1. The molecule has 192 valence electrons. The summed E-state index contributed by atoms with van der Waals surface area (Å²) in [5, 5.41) is 23.3. The highest BCUT2D eigenvalue weighted by atomic mass is 16.6. The summed E-state index contributed by atoms with van der Waals surface area (Å²) in [4.78, 5) is 24.3. The lowest BCUT2D eigenvalue weighted by Crippen LogP contribution is -2.48. The van der Waals surface area contributed by atoms with E-state index in [1.165, 1.54) is 14.2 Å². The Balaban J connectivity index is 2.11. The molecule has 9 heteroatoms. The van der Waals surface area contributed by atoms with Crippen LogP contribution >= 0.6 is 0 Å². The van der Waals surface area contributed by atoms with Crippen molar-refractivity contribution in [2.75, 3.05) is 14.2 Å². The summed E-state index contributed by atoms with van der Waals surface area (Å²) < 4.78 is 21.4. The van der Waals surface area contributed by atoms with Gasteiger partial charge in [-0.05, 0) is 50.5 Å². The van der Waals surface area contributed by atoms with E-state index in [1.807, 2.05) is 30.3 Å². The smallest absolute Gasteiger partial charge is 0.407 e. The Kier molecular flexibility index (Phi) is 10.4. The van der Waals surface area contributed by atoms with Gasteiger partial charge in [-0.15, -0.1) is 0 Å². The van der Waals surface area contributed by atoms with Crippen LogP contribution in [0, 0.1) is 0 Å². The monoisotopic (exact) mass is 489 g/mol. The fourth-order valence-electron chi connectivity index (χ4n) is 3.40. The van der Waals surface area contributed by atoms with Gasteiger partial charge in [0.15, 0.2) is 17.6 Å². The lowest BCUT2D eigenvalue weighted by atomic mass is 9.97. The zero-order chi connectivity index (χ0) is 26.0. The molecule has 0 aliphatic rings. The van der Waals surface area contributed by atoms with Crippen molar-refractivity contribution < 1.29 is 38.7 Å². The Morgan fingerprint density at radius 2 is 1.63 bits per heavy atom. The van der Waals surface area contributed by atoms with Crippen LogP contribution in [-0.2, 0) is 27.3 Å². The Labute approximate surface area is 206 Å². The highest BCUT2D eigenvalue weighted by molar-refractivity contribution is 5.72. The molecular weight excluding hydrogens is 454 g/mol. The fourth-order valence-corrected chi connectivity index (χ4v) is 3.40. The van der Waals surface area contributed by atoms with Crippen LogP contribution in [0.3, 0.4) is 0 Å². The Hall–Kier alpha value is -3.30. The molecule has 0 heterocycles. The number of carbonyl (C=O) groups is 2. The highest BCUT2D eigenvalue weighted by Crippen LogP contribution is 2.28. The SMILES string of the molecule is COc1ccc(COC(CC(O)C(Cc2ccccc2)NC(=O)OC(C)(C)C)C(=O)O)cc1OC. The maximum Gasteiger partial charge on any atom is 0.407 e. The molecule has 35 heavy (non-hydrogen) atoms. The average molecular weight is 490 g/mol. The number of hydrogen-bond donors (Lipinski definition) is 3. The molecule has 2 aromatic carbocycles. The van der Waals surface area contributed by atoms with E-state index in [0.717, 1.165) is 5.56 Å². The second kappa shape index (κ2) is 13.0. The molecule has 0 saturated heterocycles. The number of nitrogens with one attached hydrogen (secondary N) is 1. The van der Waals surface area contributed by atoms with Gasteiger partial charge in [0.05, 0.1) is 33.0 Å². The number of alkyl carbamates (subject to hydrolysis) is 1. The molecule has 9 nitrogen and oxygen atoms in total. The van der Waals surface area contributed by atoms with E-state index in [1.54, 1.807) is 39.0 Å². The normalized spacial score (nSPS) is 13.9. The number of aliphatic hydroxyl groups excluding tert-OH is 1. The van der Waals surface area contributed by atoms with E-state index in [2.05, 4.69) is 5.32 Å². The van der Waals surface area contributed by atoms with Crippen molar-refractivity contribution >= 4 is 12.1 Å². The number of carboxylic acid groups (broad SMARTS) is 1. The molecule has 0 aromatic heterocycles. The summed E-state index contributed by atoms with van der Waals surface area (Å²) in [7, 11) is 3.02. The summed E-state index contributed by atoms with van der Waals surface area (Å²) in [5.74, 6) is -0.191. The van der Waals surface area contributed by atoms with Gasteiger partial charge in [-0.3, -0.25) is 0 Å². The zero-order valence-corrected chi connectivity index (χ0v) is 20.8. The molecule has 1 amide bonds. The topological polar surface area (TPSA) is 124 Å². The standard InChI is InChI=1S/C26H35NO8/c1-26(2,3)35-25(31)27-19(13-17-9-7-6-8-10-17)20(28)15-23(24(29)30)34-16-18-11-12-21(32-4)22(14-18)33-5/h6-12,14,19-20,23,28H,13,15-16H2,1-5H3,(H,27,31)(H,29,30). The maximum absolute atomic E-state index is 12.4. The van der Waals surface area contributed by atoms with E-state index < -0.39 is 35.9 Å². The van der Waals surface area contributed by atoms with E-state index in [0.29, 0.717) is 17.1 Å². The number of rotatable bonds is 12. The van der Waals surface area contributed by atoms with Gasteiger partial charge in [0.2, 0.25) is 0 Å². The Morgan fingerprint density at radius 3 is 2.20 bits per heavy atom. The van der Waals surface area contributed by atoms with Crippen LogP contribution in [0.5, 0.6) is 11.5 Å². The molecule has 0 saturated carbocycles. The molecule has 0 spiro atoms. The van der Waals surface area contributed by atoms with Crippen molar-refractivity contribution in [1.29, 1.82) is 0 Å². The molecule has 0 radical (unpaired) electrons. The van der Waals surface area contributed by atoms with Crippen LogP contribution in [0.2, 0.25) is 0 Å². The van der Waals surface area contributed by atoms with Crippen LogP contribution in [-0.4, -0.2) is 60.3 Å². The van der Waals surface area contributed by atoms with E-state index >= 15 is 0 Å². The van der Waals surface area contributed by atoms with Crippen molar-refractivity contribution in [1.82, 2.24) is 5.32 Å². The van der Waals surface area contributed by atoms with Gasteiger partial charge in [-0.25, -0.2) is 9.59 Å². The molecule has 0 aliphatic carbocycles. The molecule has 0 bridgehead atoms. The molecular formula is C26H35NO8. The first-order chi connectivity index (χ1) is 16.5. The summed E-state index contributed by atoms with van der Waals surface area (Å²) in [5.41, 5.74) is 0.820. The summed E-state index contributed by atoms with van der Waals surface area (Å²) in [6.45, 7) is 5.18. The van der Waals surface area contributed by atoms with Crippen LogP contribution in [0.4, 0.5) is 4.79 Å². The van der Waals surface area contributed by atoms with Crippen molar-refractivity contribution in [3.8, 4) is 11.5 Å². The van der Waals surface area contributed by atoms with Crippen LogP contribution < -0.4 is 14.8 Å². The Bertz CT molecular complexity index is 958. The minimum atomic E-state index is -1.31. The number of hydrogen-bond acceptors (Lipinski definition) is 7. The highest BCUT2D eigenvalue weighted by Gasteiger charge is 2.30. The van der Waals surface area contributed by atoms with Crippen molar-refractivity contribution in [3.63, 3.8) is 0 Å². The predicted octanol–water partition coefficient (Wildman–Crippen LogP) is 3.56. The number of carboxylic acids is 1. The van der Waals surface area contributed by atoms with E-state index in [-0.39, 0.29) is 19.4 Å². The first-order valence-electron chi connectivity index (χ1n) is 11.3. The number of methoxy groups -OCH3 is 2. The zero-order valence-electron chi connectivity index (χ0n) is 20.8. The number of aliphatic carboxylic acids is 1. The van der Waals surface area contributed by atoms with Gasteiger partial charge >= 0.3 is 12.1 Å². The third kappa shape index (κ3) is 9.46. The third-order valence-corrected chi connectivity index (χ3v) is 5.10. The molecule has 0 aliphatic heterocycles. The first kappa shape index (κ1) is 27.9. The van der Waals surface area contributed by atoms with Gasteiger partial charge in [-0.2, -0.15) is 0 Å². The predicted molar refractivity (Wildman–Crippen MR) is 130 cm³/mol. The lowest BCUT2D eigenvalue weighted by molar-refractivity contribution is -0.153.